The Labute approximate surface area is 167 Å². The second kappa shape index (κ2) is 9.30. The molecule has 1 heterocycles. The molecule has 0 aromatic heterocycles. The van der Waals surface area contributed by atoms with Crippen molar-refractivity contribution < 1.29 is 14.7 Å². The van der Waals surface area contributed by atoms with Gasteiger partial charge >= 0.3 is 0 Å². The summed E-state index contributed by atoms with van der Waals surface area (Å²) in [5.41, 5.74) is 0.806. The van der Waals surface area contributed by atoms with Crippen molar-refractivity contribution in [1.82, 2.24) is 10.2 Å². The second-order valence-electron chi connectivity index (χ2n) is 8.37. The van der Waals surface area contributed by atoms with Gasteiger partial charge in [-0.1, -0.05) is 45.2 Å². The molecule has 6 heteroatoms. The minimum absolute atomic E-state index is 0.0103. The maximum absolute atomic E-state index is 13.1. The zero-order valence-corrected chi connectivity index (χ0v) is 17.1. The van der Waals surface area contributed by atoms with Crippen LogP contribution in [0.25, 0.3) is 0 Å². The van der Waals surface area contributed by atoms with Gasteiger partial charge in [-0.3, -0.25) is 9.59 Å². The Hall–Kier alpha value is -2.24. The number of rotatable bonds is 5. The molecule has 1 saturated heterocycles. The lowest BCUT2D eigenvalue weighted by molar-refractivity contribution is -0.139. The number of para-hydroxylation sites is 2. The predicted octanol–water partition coefficient (Wildman–Crippen LogP) is 2.76. The van der Waals surface area contributed by atoms with Crippen molar-refractivity contribution in [1.29, 1.82) is 0 Å². The average Bonchev–Trinajstić information content (AvgIpc) is 2.72. The molecule has 2 fully saturated rings. The van der Waals surface area contributed by atoms with Crippen molar-refractivity contribution in [3.8, 4) is 5.75 Å². The van der Waals surface area contributed by atoms with E-state index in [2.05, 4.69) is 10.2 Å². The first-order chi connectivity index (χ1) is 13.5. The van der Waals surface area contributed by atoms with Crippen LogP contribution < -0.4 is 10.2 Å². The number of nitrogens with one attached hydrogen (secondary N) is 1. The van der Waals surface area contributed by atoms with Crippen molar-refractivity contribution in [2.24, 2.45) is 11.8 Å². The van der Waals surface area contributed by atoms with Gasteiger partial charge in [0.2, 0.25) is 11.8 Å². The van der Waals surface area contributed by atoms with Crippen LogP contribution in [0.2, 0.25) is 0 Å². The molecule has 1 aromatic rings. The van der Waals surface area contributed by atoms with Crippen molar-refractivity contribution in [3.05, 3.63) is 24.3 Å². The Morgan fingerprint density at radius 3 is 2.29 bits per heavy atom. The van der Waals surface area contributed by atoms with Crippen molar-refractivity contribution >= 4 is 17.5 Å². The highest BCUT2D eigenvalue weighted by atomic mass is 16.3. The molecule has 1 aliphatic carbocycles. The minimum Gasteiger partial charge on any atom is -0.506 e. The summed E-state index contributed by atoms with van der Waals surface area (Å²) in [6, 6.07) is 6.82. The summed E-state index contributed by atoms with van der Waals surface area (Å²) < 4.78 is 0. The first-order valence-electron chi connectivity index (χ1n) is 10.6. The highest BCUT2D eigenvalue weighted by molar-refractivity contribution is 5.89. The Morgan fingerprint density at radius 1 is 1.04 bits per heavy atom. The maximum atomic E-state index is 13.1. The van der Waals surface area contributed by atoms with E-state index in [0.29, 0.717) is 26.2 Å². The summed E-state index contributed by atoms with van der Waals surface area (Å²) in [6.07, 6.45) is 5.28. The molecule has 0 bridgehead atoms. The largest absolute Gasteiger partial charge is 0.506 e. The van der Waals surface area contributed by atoms with Gasteiger partial charge in [0, 0.05) is 32.1 Å². The standard InChI is InChI=1S/C22H33N3O3/c1-16(2)20(23-21(27)17-8-4-3-5-9-17)22(28)25-14-12-24(13-15-25)18-10-6-7-11-19(18)26/h6-7,10-11,16-17,20,26H,3-5,8-9,12-15H2,1-2H3,(H,23,27)/t20-/m0/s1. The van der Waals surface area contributed by atoms with Crippen LogP contribution in [-0.2, 0) is 9.59 Å². The lowest BCUT2D eigenvalue weighted by Crippen LogP contribution is -2.57. The van der Waals surface area contributed by atoms with Gasteiger partial charge in [0.15, 0.2) is 0 Å². The Morgan fingerprint density at radius 2 is 1.68 bits per heavy atom. The van der Waals surface area contributed by atoms with Crippen LogP contribution in [0.1, 0.15) is 46.0 Å². The van der Waals surface area contributed by atoms with Crippen LogP contribution in [-0.4, -0.2) is 54.0 Å². The van der Waals surface area contributed by atoms with Gasteiger partial charge in [0.25, 0.3) is 0 Å². The molecule has 0 unspecified atom stereocenters. The third kappa shape index (κ3) is 4.78. The number of anilines is 1. The van der Waals surface area contributed by atoms with E-state index >= 15 is 0 Å². The molecular weight excluding hydrogens is 354 g/mol. The fourth-order valence-corrected chi connectivity index (χ4v) is 4.25. The van der Waals surface area contributed by atoms with Gasteiger partial charge in [-0.2, -0.15) is 0 Å². The van der Waals surface area contributed by atoms with E-state index in [9.17, 15) is 14.7 Å². The van der Waals surface area contributed by atoms with Gasteiger partial charge in [0.1, 0.15) is 11.8 Å². The smallest absolute Gasteiger partial charge is 0.245 e. The van der Waals surface area contributed by atoms with Gasteiger partial charge in [-0.25, -0.2) is 0 Å². The van der Waals surface area contributed by atoms with E-state index in [4.69, 9.17) is 0 Å². The molecule has 3 rings (SSSR count). The third-order valence-electron chi connectivity index (χ3n) is 6.02. The first-order valence-corrected chi connectivity index (χ1v) is 10.6. The molecule has 2 amide bonds. The van der Waals surface area contributed by atoms with E-state index in [-0.39, 0.29) is 29.4 Å². The number of benzene rings is 1. The molecular formula is C22H33N3O3. The minimum atomic E-state index is -0.467. The fourth-order valence-electron chi connectivity index (χ4n) is 4.25. The molecule has 1 aromatic carbocycles. The number of hydrogen-bond acceptors (Lipinski definition) is 4. The molecule has 0 spiro atoms. The summed E-state index contributed by atoms with van der Waals surface area (Å²) in [6.45, 7) is 6.50. The lowest BCUT2D eigenvalue weighted by atomic mass is 9.88. The van der Waals surface area contributed by atoms with Crippen LogP contribution in [0.15, 0.2) is 24.3 Å². The van der Waals surface area contributed by atoms with Crippen LogP contribution >= 0.6 is 0 Å². The SMILES string of the molecule is CC(C)[C@H](NC(=O)C1CCCCC1)C(=O)N1CCN(c2ccccc2O)CC1. The number of aromatic hydroxyl groups is 1. The third-order valence-corrected chi connectivity index (χ3v) is 6.02. The molecule has 2 N–H and O–H groups in total. The quantitative estimate of drug-likeness (QED) is 0.815. The van der Waals surface area contributed by atoms with E-state index < -0.39 is 6.04 Å². The van der Waals surface area contributed by atoms with E-state index in [1.165, 1.54) is 6.42 Å². The fraction of sp³-hybridized carbons (Fsp3) is 0.636. The van der Waals surface area contributed by atoms with E-state index in [1.807, 2.05) is 30.9 Å². The predicted molar refractivity (Wildman–Crippen MR) is 110 cm³/mol. The van der Waals surface area contributed by atoms with Crippen LogP contribution in [0.3, 0.4) is 0 Å². The summed E-state index contributed by atoms with van der Waals surface area (Å²) >= 11 is 0. The summed E-state index contributed by atoms with van der Waals surface area (Å²) in [7, 11) is 0. The molecule has 6 nitrogen and oxygen atoms in total. The van der Waals surface area contributed by atoms with Gasteiger partial charge in [-0.15, -0.1) is 0 Å². The highest BCUT2D eigenvalue weighted by Crippen LogP contribution is 2.27. The Bertz CT molecular complexity index is 677. The number of carbonyl (C=O) groups is 2. The van der Waals surface area contributed by atoms with Crippen molar-refractivity contribution in [3.63, 3.8) is 0 Å². The Balaban J connectivity index is 1.58. The second-order valence-corrected chi connectivity index (χ2v) is 8.37. The zero-order valence-electron chi connectivity index (χ0n) is 17.1. The summed E-state index contributed by atoms with van der Waals surface area (Å²) in [5.74, 6) is 0.426. The van der Waals surface area contributed by atoms with Crippen LogP contribution in [0, 0.1) is 11.8 Å². The topological polar surface area (TPSA) is 72.9 Å². The normalized spacial score (nSPS) is 19.5. The van der Waals surface area contributed by atoms with Crippen molar-refractivity contribution in [2.75, 3.05) is 31.1 Å². The summed E-state index contributed by atoms with van der Waals surface area (Å²) in [4.78, 5) is 29.7. The molecule has 1 aliphatic heterocycles. The highest BCUT2D eigenvalue weighted by Gasteiger charge is 2.33. The maximum Gasteiger partial charge on any atom is 0.245 e. The average molecular weight is 388 g/mol. The van der Waals surface area contributed by atoms with Crippen LogP contribution in [0.4, 0.5) is 5.69 Å². The zero-order chi connectivity index (χ0) is 20.1. The van der Waals surface area contributed by atoms with E-state index in [0.717, 1.165) is 31.4 Å². The summed E-state index contributed by atoms with van der Waals surface area (Å²) in [5, 5.41) is 13.1. The number of piperazine rings is 1. The first kappa shape index (κ1) is 20.5. The van der Waals surface area contributed by atoms with Crippen molar-refractivity contribution in [2.45, 2.75) is 52.0 Å². The number of amides is 2. The monoisotopic (exact) mass is 387 g/mol. The van der Waals surface area contributed by atoms with Gasteiger partial charge < -0.3 is 20.2 Å². The molecule has 0 radical (unpaired) electrons. The number of carbonyl (C=O) groups excluding carboxylic acids is 2. The molecule has 28 heavy (non-hydrogen) atoms. The molecule has 1 saturated carbocycles. The number of phenols is 1. The molecule has 154 valence electrons. The van der Waals surface area contributed by atoms with Gasteiger partial charge in [0.05, 0.1) is 5.69 Å². The lowest BCUT2D eigenvalue weighted by Gasteiger charge is -2.38. The Kier molecular flexibility index (Phi) is 6.81. The van der Waals surface area contributed by atoms with Gasteiger partial charge in [-0.05, 0) is 30.9 Å². The number of nitrogens with zero attached hydrogens (tertiary/aromatic N) is 2. The number of hydrogen-bond donors (Lipinski definition) is 2. The molecule has 1 atom stereocenters. The number of phenolic OH excluding ortho intramolecular Hbond substituents is 1. The molecule has 2 aliphatic rings. The van der Waals surface area contributed by atoms with Crippen LogP contribution in [0.5, 0.6) is 5.75 Å². The van der Waals surface area contributed by atoms with E-state index in [1.54, 1.807) is 12.1 Å².